The molecule has 0 bridgehead atoms. The Morgan fingerprint density at radius 3 is 1.32 bits per heavy atom. The van der Waals surface area contributed by atoms with Gasteiger partial charge in [0, 0.05) is 88.4 Å². The average molecular weight is 1810 g/mol. The molecule has 30 heteroatoms. The molecular formula is C96H171F3N4O23. The van der Waals surface area contributed by atoms with Crippen LogP contribution in [0.1, 0.15) is 347 Å². The summed E-state index contributed by atoms with van der Waals surface area (Å²) in [4.78, 5) is 79.3. The van der Waals surface area contributed by atoms with Crippen LogP contribution >= 0.6 is 0 Å². The highest BCUT2D eigenvalue weighted by Crippen LogP contribution is 2.49. The Morgan fingerprint density at radius 2 is 0.881 bits per heavy atom. The number of ketones is 1. The normalized spacial score (nSPS) is 28.1. The second-order valence-electron chi connectivity index (χ2n) is 37.3. The number of carbonyl (C=O) groups excluding carboxylic acids is 6. The maximum Gasteiger partial charge on any atom is 0.490 e. The van der Waals surface area contributed by atoms with Crippen LogP contribution in [0.3, 0.4) is 0 Å². The Hall–Kier alpha value is -5.38. The quantitative estimate of drug-likeness (QED) is 0.0117. The Kier molecular flexibility index (Phi) is 56.1. The summed E-state index contributed by atoms with van der Waals surface area (Å²) in [5.74, 6) is -2.46. The van der Waals surface area contributed by atoms with E-state index in [1.54, 1.807) is 0 Å². The van der Waals surface area contributed by atoms with Crippen LogP contribution in [0.2, 0.25) is 0 Å². The lowest BCUT2D eigenvalue weighted by Crippen LogP contribution is -2.56. The molecule has 0 aromatic heterocycles. The molecule has 8 fully saturated rings. The van der Waals surface area contributed by atoms with Crippen LogP contribution < -0.4 is 21.7 Å². The summed E-state index contributed by atoms with van der Waals surface area (Å²) in [6.45, 7) is 22.3. The minimum absolute atomic E-state index is 0. The van der Waals surface area contributed by atoms with Gasteiger partial charge in [0.1, 0.15) is 22.7 Å². The van der Waals surface area contributed by atoms with E-state index in [4.69, 9.17) is 48.8 Å². The van der Waals surface area contributed by atoms with Crippen LogP contribution in [-0.2, 0) is 71.3 Å². The average Bonchev–Trinajstić information content (AvgIpc) is 1.63. The third-order valence-electron chi connectivity index (χ3n) is 25.4. The molecule has 4 saturated heterocycles. The number of alkyl carbamates (subject to hydrolysis) is 2. The monoisotopic (exact) mass is 1810 g/mol. The molecule has 0 spiro atoms. The van der Waals surface area contributed by atoms with Gasteiger partial charge >= 0.3 is 42.2 Å². The van der Waals surface area contributed by atoms with Crippen molar-refractivity contribution >= 4 is 41.8 Å². The molecule has 18 atom stereocenters. The van der Waals surface area contributed by atoms with Gasteiger partial charge in [0.05, 0.1) is 72.2 Å². The number of piperidine rings is 1. The number of alkyl halides is 3. The molecule has 0 radical (unpaired) electrons. The lowest BCUT2D eigenvalue weighted by molar-refractivity contribution is -0.192. The number of esters is 3. The molecule has 4 saturated carbocycles. The number of aliphatic hydroxyl groups excluding tert-OH is 4. The number of carboxylic acid groups (broad SMARTS) is 1. The molecule has 126 heavy (non-hydrogen) atoms. The van der Waals surface area contributed by atoms with Gasteiger partial charge in [-0.2, -0.15) is 13.2 Å². The molecule has 3 unspecified atom stereocenters. The van der Waals surface area contributed by atoms with Gasteiger partial charge in [0.15, 0.2) is 17.9 Å². The molecule has 4 heterocycles. The number of allylic oxidation sites excluding steroid dienone is 6. The Balaban J connectivity index is 0.000000555. The molecule has 11 N–H and O–H groups in total. The van der Waals surface area contributed by atoms with Gasteiger partial charge in [-0.05, 0) is 237 Å². The lowest BCUT2D eigenvalue weighted by Gasteiger charge is -2.41. The van der Waals surface area contributed by atoms with Crippen molar-refractivity contribution in [3.8, 4) is 0 Å². The van der Waals surface area contributed by atoms with Crippen molar-refractivity contribution in [1.82, 2.24) is 16.0 Å². The van der Waals surface area contributed by atoms with Crippen molar-refractivity contribution in [3.05, 3.63) is 36.5 Å². The Bertz CT molecular complexity index is 3140. The Labute approximate surface area is 753 Å². The van der Waals surface area contributed by atoms with Crippen molar-refractivity contribution in [2.75, 3.05) is 47.8 Å². The number of nitrogens with one attached hydrogen (secondary N) is 3. The standard InChI is InChI=1S/C28H49NO7.C22H39NO6.2C21H37NO4.C2HF3O2.2CH4/c1-6-7-12-16-28(34-18-19-35-28)17-15-21-22(13-10-8-9-11-14-25(31)33-5)24(30)20-23(21)29-26(32)36-27(2,3)4;1-5-6-7-9-22(26-11-12-27-22)10-8-15-16-13-19(24)28-18(16)14-17(15)23-20(25)29-21(2,3)4;1-3-4-9-13-21(25)14-12-16-17(19(23)15-18(16)22-21)10-7-5-6-8-11-20(24)26-2;1-3-4-7-10-16(23)13-14-17-18(20(24)15-19(17)22)11-8-5-6-9-12-21(25)26-2;3-2(4,5)1(6)7;;/h8,10,21-24,30H,6-7,9,11-20H2,1-5H3,(H,29,32);15-19,24H,5-14H2,1-4H3,(H,23,25);5,7,16-19,22-23,25H,3-4,6,8-15H2,1-2H3;5,8,17-20,24H,3-4,6-7,9-15,22H2,1-2H3;(H,6,7);2*1H4/b10-8-;;7-5-;8-5-;;;/t21-,22-,23-,24+;15-,16-,17-,18?,19?;16-,17-,18-,19+,21?;17-,18-,19-,20+;;;/m1111.../s1. The number of hydrogen-bond donors (Lipinski definition) is 10. The summed E-state index contributed by atoms with van der Waals surface area (Å²) in [6, 6.07) is -0.00242. The first kappa shape index (κ1) is 117. The van der Waals surface area contributed by atoms with Crippen LogP contribution in [0.15, 0.2) is 36.5 Å². The highest BCUT2D eigenvalue weighted by Gasteiger charge is 2.53. The zero-order valence-corrected chi connectivity index (χ0v) is 77.4. The first-order valence-corrected chi connectivity index (χ1v) is 46.9. The number of nitrogens with two attached hydrogens (primary N) is 1. The second kappa shape index (κ2) is 60.6. The summed E-state index contributed by atoms with van der Waals surface area (Å²) in [5.41, 5.74) is 4.36. The topological polar surface area (TPSA) is 395 Å². The number of aliphatic hydroxyl groups is 5. The first-order chi connectivity index (χ1) is 58.7. The minimum atomic E-state index is -5.08. The molecule has 8 rings (SSSR count). The number of aliphatic carboxylic acids is 1. The van der Waals surface area contributed by atoms with Crippen LogP contribution in [0.5, 0.6) is 0 Å². The van der Waals surface area contributed by atoms with E-state index in [1.807, 2.05) is 41.5 Å². The van der Waals surface area contributed by atoms with Gasteiger partial charge in [-0.15, -0.1) is 0 Å². The highest BCUT2D eigenvalue weighted by molar-refractivity contribution is 5.78. The van der Waals surface area contributed by atoms with Crippen LogP contribution in [0.4, 0.5) is 22.8 Å². The van der Waals surface area contributed by atoms with Crippen molar-refractivity contribution in [1.29, 1.82) is 0 Å². The summed E-state index contributed by atoms with van der Waals surface area (Å²) < 4.78 is 86.6. The van der Waals surface area contributed by atoms with E-state index < -0.39 is 59.1 Å². The van der Waals surface area contributed by atoms with Crippen molar-refractivity contribution in [3.63, 3.8) is 0 Å². The number of carbonyl (C=O) groups is 7. The third-order valence-corrected chi connectivity index (χ3v) is 25.4. The highest BCUT2D eigenvalue weighted by atomic mass is 19.4. The number of rotatable bonds is 45. The number of amides is 2. The molecule has 2 amide bonds. The molecule has 8 aliphatic rings. The lowest BCUT2D eigenvalue weighted by atomic mass is 9.80. The summed E-state index contributed by atoms with van der Waals surface area (Å²) in [6.07, 6.45) is 39.2. The fourth-order valence-electron chi connectivity index (χ4n) is 19.0. The number of hydrogen-bond acceptors (Lipinski definition) is 24. The number of fused-ring (bicyclic) bond motifs is 2. The van der Waals surface area contributed by atoms with E-state index >= 15 is 0 Å². The molecule has 734 valence electrons. The molecule has 4 aliphatic carbocycles. The van der Waals surface area contributed by atoms with Crippen molar-refractivity contribution in [2.45, 2.75) is 437 Å². The van der Waals surface area contributed by atoms with Gasteiger partial charge in [-0.25, -0.2) is 14.4 Å². The predicted molar refractivity (Wildman–Crippen MR) is 480 cm³/mol. The predicted octanol–water partition coefficient (Wildman–Crippen LogP) is 17.7. The number of halogens is 3. The number of carboxylic acids is 1. The fourth-order valence-corrected chi connectivity index (χ4v) is 19.0. The van der Waals surface area contributed by atoms with Gasteiger partial charge in [-0.1, -0.05) is 130 Å². The van der Waals surface area contributed by atoms with Crippen LogP contribution in [-0.4, -0.2) is 210 Å². The van der Waals surface area contributed by atoms with E-state index in [-0.39, 0.29) is 123 Å². The molecule has 4 aliphatic heterocycles. The van der Waals surface area contributed by atoms with Crippen molar-refractivity contribution < 1.29 is 125 Å². The van der Waals surface area contributed by atoms with Gasteiger partial charge in [0.25, 0.3) is 0 Å². The van der Waals surface area contributed by atoms with Gasteiger partial charge < -0.3 is 94.4 Å². The van der Waals surface area contributed by atoms with E-state index in [2.05, 4.69) is 94.3 Å². The number of ether oxygens (including phenoxy) is 10. The van der Waals surface area contributed by atoms with E-state index in [1.165, 1.54) is 34.2 Å². The maximum absolute atomic E-state index is 12.6. The Morgan fingerprint density at radius 1 is 0.476 bits per heavy atom. The molecule has 0 aromatic rings. The molecular weight excluding hydrogens is 1630 g/mol. The first-order valence-electron chi connectivity index (χ1n) is 46.9. The zero-order chi connectivity index (χ0) is 92.1. The fraction of sp³-hybridized carbons (Fsp3) is 0.865. The van der Waals surface area contributed by atoms with Gasteiger partial charge in [0.2, 0.25) is 0 Å². The minimum Gasteiger partial charge on any atom is -0.475 e. The SMILES string of the molecule is C.C.CCCCCC(=O)CC[C@@H]1[C@@H](C/C=C\CCCC(=O)OC)[C@@H](O)C[C@H]1N.CCCCCC1(CC[C@@H]2[C@@H](C/C=C\CCCC(=O)OC)[C@@H](O)C[C@H]2NC(=O)OC(C)(C)C)OCCO1.CCCCCC1(CC[C@H]2[C@H](NC(=O)OC(C)(C)C)CC3OC(O)C[C@@H]32)OCCO1.CCCCCC1(O)CC[C@@H]2[C@@H](C/C=C\CCCC(=O)OC)[C@@H](O)C[C@H]2N1.O=C(O)C(F)(F)F. The molecule has 0 aromatic carbocycles. The second-order valence-corrected chi connectivity index (χ2v) is 37.3. The largest absolute Gasteiger partial charge is 0.490 e. The maximum atomic E-state index is 12.6. The van der Waals surface area contributed by atoms with Crippen LogP contribution in [0, 0.1) is 47.3 Å². The summed E-state index contributed by atoms with van der Waals surface area (Å²) in [5, 5.41) is 69.2. The number of Topliss-reactive ketones (excluding diaryl/α,β-unsaturated/α-hetero) is 1. The van der Waals surface area contributed by atoms with Crippen LogP contribution in [0.25, 0.3) is 0 Å². The third kappa shape index (κ3) is 44.2. The van der Waals surface area contributed by atoms with E-state index in [0.29, 0.717) is 102 Å². The summed E-state index contributed by atoms with van der Waals surface area (Å²) in [7, 11) is 4.22. The summed E-state index contributed by atoms with van der Waals surface area (Å²) >= 11 is 0. The van der Waals surface area contributed by atoms with E-state index in [9.17, 15) is 67.5 Å². The number of unbranched alkanes of at least 4 members (excludes halogenated alkanes) is 11. The van der Waals surface area contributed by atoms with Gasteiger partial charge in [-0.3, -0.25) is 24.5 Å². The zero-order valence-electron chi connectivity index (χ0n) is 77.4. The van der Waals surface area contributed by atoms with Crippen molar-refractivity contribution in [2.24, 2.45) is 53.1 Å². The van der Waals surface area contributed by atoms with E-state index in [0.717, 1.165) is 186 Å². The molecule has 27 nitrogen and oxygen atoms in total. The smallest absolute Gasteiger partial charge is 0.475 e. The number of methoxy groups -OCH3 is 3.